The maximum atomic E-state index is 13.1. The van der Waals surface area contributed by atoms with E-state index in [4.69, 9.17) is 4.74 Å². The van der Waals surface area contributed by atoms with Gasteiger partial charge in [0.15, 0.2) is 0 Å². The zero-order valence-corrected chi connectivity index (χ0v) is 14.1. The smallest absolute Gasteiger partial charge is 0.317 e. The van der Waals surface area contributed by atoms with Gasteiger partial charge in [-0.3, -0.25) is 4.98 Å². The molecule has 0 spiro atoms. The maximum absolute atomic E-state index is 13.1. The summed E-state index contributed by atoms with van der Waals surface area (Å²) in [5.41, 5.74) is 0.958. The Bertz CT molecular complexity index is 666. The van der Waals surface area contributed by atoms with Gasteiger partial charge in [-0.2, -0.15) is 0 Å². The van der Waals surface area contributed by atoms with Crippen molar-refractivity contribution in [2.75, 3.05) is 13.6 Å². The molecule has 0 bridgehead atoms. The highest BCUT2D eigenvalue weighted by Crippen LogP contribution is 2.17. The highest BCUT2D eigenvalue weighted by molar-refractivity contribution is 5.74. The van der Waals surface area contributed by atoms with Gasteiger partial charge in [0.05, 0.1) is 12.6 Å². The van der Waals surface area contributed by atoms with Gasteiger partial charge in [-0.05, 0) is 37.6 Å². The van der Waals surface area contributed by atoms with E-state index in [1.165, 1.54) is 12.1 Å². The SMILES string of the molecule is C[C@H](CNC(=O)N(C)[C@H](C)c1cccnc1)Oc1cccc(F)c1. The second kappa shape index (κ2) is 8.29. The van der Waals surface area contributed by atoms with Gasteiger partial charge in [-0.1, -0.05) is 12.1 Å². The van der Waals surface area contributed by atoms with Crippen LogP contribution < -0.4 is 10.1 Å². The fourth-order valence-electron chi connectivity index (χ4n) is 2.19. The van der Waals surface area contributed by atoms with E-state index in [1.807, 2.05) is 26.0 Å². The van der Waals surface area contributed by atoms with Gasteiger partial charge in [0.1, 0.15) is 17.7 Å². The van der Waals surface area contributed by atoms with Crippen LogP contribution in [0.4, 0.5) is 9.18 Å². The molecule has 0 aliphatic heterocycles. The Labute approximate surface area is 141 Å². The van der Waals surface area contributed by atoms with E-state index < -0.39 is 0 Å². The molecule has 0 aliphatic rings. The first kappa shape index (κ1) is 17.7. The lowest BCUT2D eigenvalue weighted by molar-refractivity contribution is 0.179. The fraction of sp³-hybridized carbons (Fsp3) is 0.333. The summed E-state index contributed by atoms with van der Waals surface area (Å²) < 4.78 is 18.7. The summed E-state index contributed by atoms with van der Waals surface area (Å²) in [6.45, 7) is 4.07. The number of benzene rings is 1. The molecule has 2 amide bonds. The van der Waals surface area contributed by atoms with E-state index >= 15 is 0 Å². The van der Waals surface area contributed by atoms with Gasteiger partial charge in [-0.15, -0.1) is 0 Å². The van der Waals surface area contributed by atoms with Gasteiger partial charge in [-0.25, -0.2) is 9.18 Å². The first-order valence-electron chi connectivity index (χ1n) is 7.80. The number of nitrogens with one attached hydrogen (secondary N) is 1. The average molecular weight is 331 g/mol. The van der Waals surface area contributed by atoms with Crippen LogP contribution in [0.15, 0.2) is 48.8 Å². The van der Waals surface area contributed by atoms with Crippen LogP contribution in [0.25, 0.3) is 0 Å². The molecular weight excluding hydrogens is 309 g/mol. The Hall–Kier alpha value is -2.63. The number of halogens is 1. The van der Waals surface area contributed by atoms with Crippen molar-refractivity contribution < 1.29 is 13.9 Å². The molecule has 0 radical (unpaired) electrons. The minimum atomic E-state index is -0.353. The van der Waals surface area contributed by atoms with E-state index in [0.717, 1.165) is 5.56 Å². The molecule has 1 heterocycles. The van der Waals surface area contributed by atoms with Crippen LogP contribution in [0, 0.1) is 5.82 Å². The molecule has 0 unspecified atom stereocenters. The maximum Gasteiger partial charge on any atom is 0.317 e. The summed E-state index contributed by atoms with van der Waals surface area (Å²) in [7, 11) is 1.73. The van der Waals surface area contributed by atoms with Crippen LogP contribution in [0.1, 0.15) is 25.5 Å². The lowest BCUT2D eigenvalue weighted by Crippen LogP contribution is -2.42. The number of hydrogen-bond donors (Lipinski definition) is 1. The second-order valence-corrected chi connectivity index (χ2v) is 5.65. The summed E-state index contributed by atoms with van der Waals surface area (Å²) in [5.74, 6) is 0.0857. The van der Waals surface area contributed by atoms with Crippen molar-refractivity contribution in [3.8, 4) is 5.75 Å². The van der Waals surface area contributed by atoms with Crippen LogP contribution in [0.5, 0.6) is 5.75 Å². The number of nitrogens with zero attached hydrogens (tertiary/aromatic N) is 2. The molecule has 2 rings (SSSR count). The molecule has 1 N–H and O–H groups in total. The number of hydrogen-bond acceptors (Lipinski definition) is 3. The number of urea groups is 1. The number of rotatable bonds is 6. The monoisotopic (exact) mass is 331 g/mol. The first-order chi connectivity index (χ1) is 11.5. The van der Waals surface area contributed by atoms with E-state index in [1.54, 1.807) is 36.5 Å². The predicted molar refractivity (Wildman–Crippen MR) is 90.3 cm³/mol. The van der Waals surface area contributed by atoms with Crippen molar-refractivity contribution >= 4 is 6.03 Å². The second-order valence-electron chi connectivity index (χ2n) is 5.65. The van der Waals surface area contributed by atoms with E-state index in [0.29, 0.717) is 12.3 Å². The number of pyridine rings is 1. The number of carbonyl (C=O) groups is 1. The average Bonchev–Trinajstić information content (AvgIpc) is 2.59. The molecule has 1 aromatic heterocycles. The van der Waals surface area contributed by atoms with Gasteiger partial charge >= 0.3 is 6.03 Å². The summed E-state index contributed by atoms with van der Waals surface area (Å²) >= 11 is 0. The van der Waals surface area contributed by atoms with Crippen molar-refractivity contribution in [3.05, 3.63) is 60.2 Å². The summed E-state index contributed by atoms with van der Waals surface area (Å²) in [6, 6.07) is 9.39. The third-order valence-corrected chi connectivity index (χ3v) is 3.74. The van der Waals surface area contributed by atoms with Crippen molar-refractivity contribution in [1.82, 2.24) is 15.2 Å². The molecule has 5 nitrogen and oxygen atoms in total. The van der Waals surface area contributed by atoms with E-state index in [2.05, 4.69) is 10.3 Å². The Morgan fingerprint density at radius 1 is 1.33 bits per heavy atom. The molecule has 0 aliphatic carbocycles. The Morgan fingerprint density at radius 3 is 2.79 bits per heavy atom. The predicted octanol–water partition coefficient (Wildman–Crippen LogP) is 3.39. The molecule has 128 valence electrons. The molecule has 0 fully saturated rings. The zero-order valence-electron chi connectivity index (χ0n) is 14.1. The van der Waals surface area contributed by atoms with Crippen molar-refractivity contribution in [1.29, 1.82) is 0 Å². The standard InChI is InChI=1S/C18H22FN3O2/c1-13(24-17-8-4-7-16(19)10-17)11-21-18(23)22(3)14(2)15-6-5-9-20-12-15/h4-10,12-14H,11H2,1-3H3,(H,21,23)/t13-,14-/m1/s1. The van der Waals surface area contributed by atoms with Crippen molar-refractivity contribution in [2.45, 2.75) is 26.0 Å². The Morgan fingerprint density at radius 2 is 2.12 bits per heavy atom. The number of amides is 2. The molecule has 2 atom stereocenters. The minimum absolute atomic E-state index is 0.0989. The van der Waals surface area contributed by atoms with Crippen molar-refractivity contribution in [3.63, 3.8) is 0 Å². The van der Waals surface area contributed by atoms with E-state index in [9.17, 15) is 9.18 Å². The topological polar surface area (TPSA) is 54.5 Å². The van der Waals surface area contributed by atoms with Gasteiger partial charge in [0.25, 0.3) is 0 Å². The first-order valence-corrected chi connectivity index (χ1v) is 7.80. The van der Waals surface area contributed by atoms with Crippen LogP contribution in [-0.4, -0.2) is 35.6 Å². The van der Waals surface area contributed by atoms with Crippen LogP contribution in [0.3, 0.4) is 0 Å². The quantitative estimate of drug-likeness (QED) is 0.883. The molecule has 6 heteroatoms. The fourth-order valence-corrected chi connectivity index (χ4v) is 2.19. The third kappa shape index (κ3) is 4.94. The van der Waals surface area contributed by atoms with Crippen LogP contribution >= 0.6 is 0 Å². The molecule has 1 aromatic carbocycles. The molecule has 0 saturated carbocycles. The Kier molecular flexibility index (Phi) is 6.12. The zero-order chi connectivity index (χ0) is 17.5. The normalized spacial score (nSPS) is 13.0. The summed E-state index contributed by atoms with van der Waals surface area (Å²) in [6.07, 6.45) is 3.16. The van der Waals surface area contributed by atoms with Gasteiger partial charge < -0.3 is 15.0 Å². The van der Waals surface area contributed by atoms with Crippen LogP contribution in [0.2, 0.25) is 0 Å². The van der Waals surface area contributed by atoms with Crippen molar-refractivity contribution in [2.24, 2.45) is 0 Å². The molecule has 2 aromatic rings. The van der Waals surface area contributed by atoms with E-state index in [-0.39, 0.29) is 24.0 Å². The summed E-state index contributed by atoms with van der Waals surface area (Å²) in [5, 5.41) is 2.82. The van der Waals surface area contributed by atoms with Gasteiger partial charge in [0.2, 0.25) is 0 Å². The molecule has 24 heavy (non-hydrogen) atoms. The lowest BCUT2D eigenvalue weighted by Gasteiger charge is -2.26. The molecular formula is C18H22FN3O2. The van der Waals surface area contributed by atoms with Crippen LogP contribution in [-0.2, 0) is 0 Å². The highest BCUT2D eigenvalue weighted by Gasteiger charge is 2.18. The minimum Gasteiger partial charge on any atom is -0.489 e. The number of aromatic nitrogens is 1. The third-order valence-electron chi connectivity index (χ3n) is 3.74. The summed E-state index contributed by atoms with van der Waals surface area (Å²) in [4.78, 5) is 17.9. The molecule has 0 saturated heterocycles. The van der Waals surface area contributed by atoms with Gasteiger partial charge in [0, 0.05) is 25.5 Å². The highest BCUT2D eigenvalue weighted by atomic mass is 19.1. The lowest BCUT2D eigenvalue weighted by atomic mass is 10.1. The Balaban J connectivity index is 1.83. The number of carbonyl (C=O) groups excluding carboxylic acids is 1. The number of ether oxygens (including phenoxy) is 1. The largest absolute Gasteiger partial charge is 0.489 e.